The molecule has 0 amide bonds. The van der Waals surface area contributed by atoms with Gasteiger partial charge >= 0.3 is 0 Å². The summed E-state index contributed by atoms with van der Waals surface area (Å²) < 4.78 is 0. The van der Waals surface area contributed by atoms with Gasteiger partial charge < -0.3 is 5.32 Å². The second-order valence-electron chi connectivity index (χ2n) is 1.93. The Kier molecular flexibility index (Phi) is 2.96. The fourth-order valence-corrected chi connectivity index (χ4v) is 0.258. The molecule has 0 aliphatic heterocycles. The summed E-state index contributed by atoms with van der Waals surface area (Å²) in [5, 5.41) is 3.09. The van der Waals surface area contributed by atoms with Crippen LogP contribution in [0.25, 0.3) is 0 Å². The lowest BCUT2D eigenvalue weighted by Gasteiger charge is -2.17. The summed E-state index contributed by atoms with van der Waals surface area (Å²) in [6.45, 7) is 2.11. The molecule has 7 heavy (non-hydrogen) atoms. The average Bonchev–Trinajstić information content (AvgIpc) is 1.65. The van der Waals surface area contributed by atoms with Crippen molar-refractivity contribution in [1.82, 2.24) is 10.2 Å². The van der Waals surface area contributed by atoms with E-state index < -0.39 is 0 Å². The maximum Gasteiger partial charge on any atom is 0.0560 e. The molecule has 0 aliphatic rings. The SMILES string of the molecule is CN[C@H](C)N(C)C. The van der Waals surface area contributed by atoms with E-state index in [0.29, 0.717) is 6.17 Å². The summed E-state index contributed by atoms with van der Waals surface area (Å²) >= 11 is 0. The van der Waals surface area contributed by atoms with Crippen molar-refractivity contribution in [3.8, 4) is 0 Å². The van der Waals surface area contributed by atoms with Crippen molar-refractivity contribution in [2.24, 2.45) is 0 Å². The Morgan fingerprint density at radius 1 is 1.43 bits per heavy atom. The summed E-state index contributed by atoms with van der Waals surface area (Å²) in [5.74, 6) is 0. The highest BCUT2D eigenvalue weighted by Gasteiger charge is 1.95. The molecule has 0 aromatic rings. The van der Waals surface area contributed by atoms with Gasteiger partial charge in [-0.3, -0.25) is 4.90 Å². The van der Waals surface area contributed by atoms with Crippen LogP contribution in [0.5, 0.6) is 0 Å². The molecule has 0 spiro atoms. The largest absolute Gasteiger partial charge is 0.305 e. The quantitative estimate of drug-likeness (QED) is 0.498. The van der Waals surface area contributed by atoms with Gasteiger partial charge in [0.05, 0.1) is 6.17 Å². The molecule has 2 heteroatoms. The van der Waals surface area contributed by atoms with Gasteiger partial charge in [0, 0.05) is 0 Å². The number of nitrogens with zero attached hydrogens (tertiary/aromatic N) is 1. The molecular formula is C5H14N2. The van der Waals surface area contributed by atoms with Crippen LogP contribution in [0.3, 0.4) is 0 Å². The molecule has 0 aliphatic carbocycles. The van der Waals surface area contributed by atoms with Crippen LogP contribution in [-0.4, -0.2) is 32.2 Å². The maximum atomic E-state index is 3.09. The normalized spacial score (nSPS) is 15.0. The van der Waals surface area contributed by atoms with Gasteiger partial charge in [0.25, 0.3) is 0 Å². The minimum Gasteiger partial charge on any atom is -0.305 e. The highest BCUT2D eigenvalue weighted by Crippen LogP contribution is 1.80. The first kappa shape index (κ1) is 6.92. The highest BCUT2D eigenvalue weighted by atomic mass is 15.2. The van der Waals surface area contributed by atoms with Crippen LogP contribution < -0.4 is 5.32 Å². The molecule has 1 atom stereocenters. The first-order valence-electron chi connectivity index (χ1n) is 2.52. The zero-order valence-electron chi connectivity index (χ0n) is 5.52. The molecule has 0 aromatic heterocycles. The Morgan fingerprint density at radius 2 is 1.86 bits per heavy atom. The summed E-state index contributed by atoms with van der Waals surface area (Å²) in [5.41, 5.74) is 0. The summed E-state index contributed by atoms with van der Waals surface area (Å²) in [7, 11) is 6.03. The smallest absolute Gasteiger partial charge is 0.0560 e. The Morgan fingerprint density at radius 3 is 1.86 bits per heavy atom. The van der Waals surface area contributed by atoms with Gasteiger partial charge in [-0.15, -0.1) is 0 Å². The average molecular weight is 102 g/mol. The molecule has 0 bridgehead atoms. The molecule has 0 fully saturated rings. The van der Waals surface area contributed by atoms with Gasteiger partial charge in [0.2, 0.25) is 0 Å². The number of hydrogen-bond acceptors (Lipinski definition) is 2. The number of rotatable bonds is 2. The van der Waals surface area contributed by atoms with Crippen molar-refractivity contribution in [3.63, 3.8) is 0 Å². The van der Waals surface area contributed by atoms with Crippen LogP contribution in [0.2, 0.25) is 0 Å². The van der Waals surface area contributed by atoms with E-state index >= 15 is 0 Å². The Hall–Kier alpha value is -0.0800. The summed E-state index contributed by atoms with van der Waals surface area (Å²) in [6, 6.07) is 0. The van der Waals surface area contributed by atoms with Crippen molar-refractivity contribution in [2.75, 3.05) is 21.1 Å². The lowest BCUT2D eigenvalue weighted by Crippen LogP contribution is -2.35. The number of nitrogens with one attached hydrogen (secondary N) is 1. The molecule has 44 valence electrons. The third kappa shape index (κ3) is 2.60. The van der Waals surface area contributed by atoms with Crippen LogP contribution in [0.15, 0.2) is 0 Å². The summed E-state index contributed by atoms with van der Waals surface area (Å²) in [6.07, 6.45) is 0.486. The van der Waals surface area contributed by atoms with E-state index in [1.165, 1.54) is 0 Å². The molecule has 0 heterocycles. The monoisotopic (exact) mass is 102 g/mol. The van der Waals surface area contributed by atoms with Crippen LogP contribution in [-0.2, 0) is 0 Å². The van der Waals surface area contributed by atoms with Crippen molar-refractivity contribution >= 4 is 0 Å². The van der Waals surface area contributed by atoms with Gasteiger partial charge in [-0.2, -0.15) is 0 Å². The molecular weight excluding hydrogens is 88.1 g/mol. The zero-order valence-corrected chi connectivity index (χ0v) is 5.52. The van der Waals surface area contributed by atoms with Crippen molar-refractivity contribution in [2.45, 2.75) is 13.1 Å². The highest BCUT2D eigenvalue weighted by molar-refractivity contribution is 4.49. The zero-order chi connectivity index (χ0) is 5.86. The predicted octanol–water partition coefficient (Wildman–Crippen LogP) is 0.113. The van der Waals surface area contributed by atoms with E-state index in [2.05, 4.69) is 17.1 Å². The topological polar surface area (TPSA) is 15.3 Å². The fourth-order valence-electron chi connectivity index (χ4n) is 0.258. The van der Waals surface area contributed by atoms with E-state index in [0.717, 1.165) is 0 Å². The second kappa shape index (κ2) is 2.99. The van der Waals surface area contributed by atoms with Gasteiger partial charge in [-0.1, -0.05) is 0 Å². The Balaban J connectivity index is 3.14. The van der Waals surface area contributed by atoms with Crippen molar-refractivity contribution in [3.05, 3.63) is 0 Å². The van der Waals surface area contributed by atoms with Crippen LogP contribution >= 0.6 is 0 Å². The van der Waals surface area contributed by atoms with Crippen molar-refractivity contribution < 1.29 is 0 Å². The molecule has 0 saturated heterocycles. The van der Waals surface area contributed by atoms with E-state index in [1.807, 2.05) is 21.1 Å². The summed E-state index contributed by atoms with van der Waals surface area (Å²) in [4.78, 5) is 2.11. The lowest BCUT2D eigenvalue weighted by molar-refractivity contribution is 0.280. The van der Waals surface area contributed by atoms with E-state index in [1.54, 1.807) is 0 Å². The van der Waals surface area contributed by atoms with Gasteiger partial charge in [-0.25, -0.2) is 0 Å². The predicted molar refractivity (Wildman–Crippen MR) is 32.2 cm³/mol. The third-order valence-electron chi connectivity index (χ3n) is 1.19. The second-order valence-corrected chi connectivity index (χ2v) is 1.93. The van der Waals surface area contributed by atoms with Crippen LogP contribution in [0.1, 0.15) is 6.92 Å². The first-order chi connectivity index (χ1) is 3.18. The molecule has 1 N–H and O–H groups in total. The fraction of sp³-hybridized carbons (Fsp3) is 1.00. The Bertz CT molecular complexity index is 43.3. The standard InChI is InChI=1S/C5H14N2/c1-5(6-2)7(3)4/h5-6H,1-4H3/t5-/m0/s1. The van der Waals surface area contributed by atoms with Crippen molar-refractivity contribution in [1.29, 1.82) is 0 Å². The van der Waals surface area contributed by atoms with Crippen LogP contribution in [0, 0.1) is 0 Å². The van der Waals surface area contributed by atoms with Crippen LogP contribution in [0.4, 0.5) is 0 Å². The van der Waals surface area contributed by atoms with E-state index in [-0.39, 0.29) is 0 Å². The lowest BCUT2D eigenvalue weighted by atomic mass is 10.5. The molecule has 0 rings (SSSR count). The molecule has 0 radical (unpaired) electrons. The first-order valence-corrected chi connectivity index (χ1v) is 2.52. The molecule has 0 unspecified atom stereocenters. The molecule has 0 aromatic carbocycles. The molecule has 2 nitrogen and oxygen atoms in total. The van der Waals surface area contributed by atoms with E-state index in [9.17, 15) is 0 Å². The third-order valence-corrected chi connectivity index (χ3v) is 1.19. The minimum atomic E-state index is 0.486. The minimum absolute atomic E-state index is 0.486. The molecule has 0 saturated carbocycles. The van der Waals surface area contributed by atoms with Gasteiger partial charge in [0.1, 0.15) is 0 Å². The maximum absolute atomic E-state index is 3.09. The van der Waals surface area contributed by atoms with E-state index in [4.69, 9.17) is 0 Å². The van der Waals surface area contributed by atoms with Gasteiger partial charge in [0.15, 0.2) is 0 Å². The Labute approximate surface area is 45.5 Å². The van der Waals surface area contributed by atoms with Gasteiger partial charge in [-0.05, 0) is 28.1 Å². The number of hydrogen-bond donors (Lipinski definition) is 1.